The van der Waals surface area contributed by atoms with Crippen molar-refractivity contribution in [3.05, 3.63) is 40.2 Å². The highest BCUT2D eigenvalue weighted by Crippen LogP contribution is 2.36. The second kappa shape index (κ2) is 7.16. The minimum atomic E-state index is 0.213. The molecule has 112 valence electrons. The van der Waals surface area contributed by atoms with Crippen molar-refractivity contribution in [3.63, 3.8) is 0 Å². The predicted molar refractivity (Wildman–Crippen MR) is 87.7 cm³/mol. The number of benzene rings is 1. The molecule has 0 bridgehead atoms. The van der Waals surface area contributed by atoms with Crippen LogP contribution in [0.2, 0.25) is 0 Å². The summed E-state index contributed by atoms with van der Waals surface area (Å²) in [5, 5.41) is 4.55. The fourth-order valence-corrected chi connectivity index (χ4v) is 3.82. The highest BCUT2D eigenvalue weighted by Gasteiger charge is 2.23. The van der Waals surface area contributed by atoms with Crippen molar-refractivity contribution in [2.45, 2.75) is 32.3 Å². The van der Waals surface area contributed by atoms with Crippen molar-refractivity contribution in [2.24, 2.45) is 0 Å². The van der Waals surface area contributed by atoms with E-state index in [0.717, 1.165) is 49.7 Å². The average molecular weight is 302 g/mol. The van der Waals surface area contributed by atoms with Gasteiger partial charge in [0, 0.05) is 23.6 Å². The third-order valence-corrected chi connectivity index (χ3v) is 4.95. The van der Waals surface area contributed by atoms with Crippen molar-refractivity contribution in [1.82, 2.24) is 10.3 Å². The number of ether oxygens (including phenoxy) is 1. The van der Waals surface area contributed by atoms with Gasteiger partial charge in [0.1, 0.15) is 11.1 Å². The molecule has 1 unspecified atom stereocenters. The van der Waals surface area contributed by atoms with Crippen molar-refractivity contribution in [3.8, 4) is 11.3 Å². The monoisotopic (exact) mass is 302 g/mol. The van der Waals surface area contributed by atoms with Crippen LogP contribution in [0.15, 0.2) is 30.3 Å². The van der Waals surface area contributed by atoms with Gasteiger partial charge in [0.25, 0.3) is 0 Å². The molecular weight excluding hydrogens is 280 g/mol. The standard InChI is InChI=1S/C17H22N2OS/c1-2-18-11-10-15-16(13-7-4-3-5-8-13)19-17(21-15)14-9-6-12-20-14/h3-5,7-8,14,18H,2,6,9-12H2,1H3. The third-order valence-electron chi connectivity index (χ3n) is 3.75. The van der Waals surface area contributed by atoms with E-state index in [9.17, 15) is 0 Å². The highest BCUT2D eigenvalue weighted by molar-refractivity contribution is 7.12. The number of nitrogens with one attached hydrogen (secondary N) is 1. The molecule has 0 aliphatic carbocycles. The van der Waals surface area contributed by atoms with Crippen LogP contribution >= 0.6 is 11.3 Å². The molecule has 0 amide bonds. The molecule has 3 rings (SSSR count). The third kappa shape index (κ3) is 3.51. The van der Waals surface area contributed by atoms with Gasteiger partial charge >= 0.3 is 0 Å². The van der Waals surface area contributed by atoms with Crippen LogP contribution in [0.25, 0.3) is 11.3 Å². The second-order valence-corrected chi connectivity index (χ2v) is 6.41. The first-order valence-corrected chi connectivity index (χ1v) is 8.57. The van der Waals surface area contributed by atoms with Crippen LogP contribution in [0, 0.1) is 0 Å². The molecular formula is C17H22N2OS. The Labute approximate surface area is 130 Å². The molecule has 1 aromatic carbocycles. The summed E-state index contributed by atoms with van der Waals surface area (Å²) in [6.45, 7) is 5.03. The molecule has 0 radical (unpaired) electrons. The van der Waals surface area contributed by atoms with E-state index in [1.807, 2.05) is 11.3 Å². The smallest absolute Gasteiger partial charge is 0.122 e. The molecule has 2 heterocycles. The van der Waals surface area contributed by atoms with Crippen LogP contribution in [0.1, 0.15) is 35.8 Å². The Morgan fingerprint density at radius 2 is 2.19 bits per heavy atom. The van der Waals surface area contributed by atoms with Crippen LogP contribution < -0.4 is 5.32 Å². The van der Waals surface area contributed by atoms with Gasteiger partial charge in [0.15, 0.2) is 0 Å². The van der Waals surface area contributed by atoms with Crippen LogP contribution in [0.4, 0.5) is 0 Å². The molecule has 4 heteroatoms. The normalized spacial score (nSPS) is 18.2. The van der Waals surface area contributed by atoms with Gasteiger partial charge in [-0.1, -0.05) is 37.3 Å². The minimum absolute atomic E-state index is 0.213. The molecule has 1 aliphatic heterocycles. The number of likely N-dealkylation sites (N-methyl/N-ethyl adjacent to an activating group) is 1. The minimum Gasteiger partial charge on any atom is -0.371 e. The molecule has 1 fully saturated rings. The number of nitrogens with zero attached hydrogens (tertiary/aromatic N) is 1. The Morgan fingerprint density at radius 1 is 1.33 bits per heavy atom. The zero-order valence-corrected chi connectivity index (χ0v) is 13.3. The lowest BCUT2D eigenvalue weighted by atomic mass is 10.1. The van der Waals surface area contributed by atoms with E-state index in [4.69, 9.17) is 9.72 Å². The summed E-state index contributed by atoms with van der Waals surface area (Å²) >= 11 is 1.83. The summed E-state index contributed by atoms with van der Waals surface area (Å²) in [6.07, 6.45) is 3.50. The van der Waals surface area contributed by atoms with Gasteiger partial charge in [-0.3, -0.25) is 0 Å². The lowest BCUT2D eigenvalue weighted by Crippen LogP contribution is -2.15. The van der Waals surface area contributed by atoms with Crippen molar-refractivity contribution < 1.29 is 4.74 Å². The largest absolute Gasteiger partial charge is 0.371 e. The molecule has 21 heavy (non-hydrogen) atoms. The molecule has 1 aromatic heterocycles. The summed E-state index contributed by atoms with van der Waals surface area (Å²) in [5.41, 5.74) is 2.36. The van der Waals surface area contributed by atoms with Crippen molar-refractivity contribution in [2.75, 3.05) is 19.7 Å². The van der Waals surface area contributed by atoms with Gasteiger partial charge in [-0.2, -0.15) is 0 Å². The quantitative estimate of drug-likeness (QED) is 0.824. The fourth-order valence-electron chi connectivity index (χ4n) is 2.65. The Balaban J connectivity index is 1.87. The van der Waals surface area contributed by atoms with E-state index >= 15 is 0 Å². The summed E-state index contributed by atoms with van der Waals surface area (Å²) in [4.78, 5) is 6.28. The number of hydrogen-bond donors (Lipinski definition) is 1. The Kier molecular flexibility index (Phi) is 5.01. The number of thiazole rings is 1. The number of hydrogen-bond acceptors (Lipinski definition) is 4. The van der Waals surface area contributed by atoms with Crippen LogP contribution in [0.3, 0.4) is 0 Å². The predicted octanol–water partition coefficient (Wildman–Crippen LogP) is 3.81. The zero-order chi connectivity index (χ0) is 14.5. The maximum Gasteiger partial charge on any atom is 0.122 e. The molecule has 3 nitrogen and oxygen atoms in total. The van der Waals surface area contributed by atoms with Crippen molar-refractivity contribution >= 4 is 11.3 Å². The Hall–Kier alpha value is -1.23. The molecule has 1 atom stereocenters. The van der Waals surface area contributed by atoms with E-state index in [0.29, 0.717) is 0 Å². The van der Waals surface area contributed by atoms with Gasteiger partial charge in [-0.05, 0) is 25.8 Å². The first kappa shape index (κ1) is 14.7. The Bertz CT molecular complexity index is 561. The second-order valence-electron chi connectivity index (χ2n) is 5.30. The van der Waals surface area contributed by atoms with E-state index < -0.39 is 0 Å². The SMILES string of the molecule is CCNCCc1sc(C2CCCO2)nc1-c1ccccc1. The highest BCUT2D eigenvalue weighted by atomic mass is 32.1. The lowest BCUT2D eigenvalue weighted by Gasteiger charge is -2.03. The molecule has 1 aliphatic rings. The van der Waals surface area contributed by atoms with E-state index in [1.54, 1.807) is 0 Å². The summed E-state index contributed by atoms with van der Waals surface area (Å²) < 4.78 is 5.80. The molecule has 0 saturated carbocycles. The first-order valence-electron chi connectivity index (χ1n) is 7.76. The maximum absolute atomic E-state index is 5.80. The lowest BCUT2D eigenvalue weighted by molar-refractivity contribution is 0.112. The fraction of sp³-hybridized carbons (Fsp3) is 0.471. The number of aromatic nitrogens is 1. The van der Waals surface area contributed by atoms with E-state index in [2.05, 4.69) is 42.6 Å². The first-order chi connectivity index (χ1) is 10.4. The zero-order valence-electron chi connectivity index (χ0n) is 12.5. The molecule has 1 N–H and O–H groups in total. The summed E-state index contributed by atoms with van der Waals surface area (Å²) in [7, 11) is 0. The van der Waals surface area contributed by atoms with E-state index in [1.165, 1.54) is 10.4 Å². The van der Waals surface area contributed by atoms with Crippen LogP contribution in [-0.4, -0.2) is 24.7 Å². The van der Waals surface area contributed by atoms with Gasteiger partial charge < -0.3 is 10.1 Å². The van der Waals surface area contributed by atoms with Crippen LogP contribution in [-0.2, 0) is 11.2 Å². The summed E-state index contributed by atoms with van der Waals surface area (Å²) in [5.74, 6) is 0. The molecule has 1 saturated heterocycles. The molecule has 0 spiro atoms. The topological polar surface area (TPSA) is 34.1 Å². The Morgan fingerprint density at radius 3 is 2.90 bits per heavy atom. The van der Waals surface area contributed by atoms with Gasteiger partial charge in [0.2, 0.25) is 0 Å². The van der Waals surface area contributed by atoms with Gasteiger partial charge in [-0.25, -0.2) is 4.98 Å². The van der Waals surface area contributed by atoms with E-state index in [-0.39, 0.29) is 6.10 Å². The van der Waals surface area contributed by atoms with Gasteiger partial charge in [-0.15, -0.1) is 11.3 Å². The maximum atomic E-state index is 5.80. The van der Waals surface area contributed by atoms with Gasteiger partial charge in [0.05, 0.1) is 5.69 Å². The van der Waals surface area contributed by atoms with Crippen molar-refractivity contribution in [1.29, 1.82) is 0 Å². The van der Waals surface area contributed by atoms with Crippen LogP contribution in [0.5, 0.6) is 0 Å². The molecule has 2 aromatic rings. The number of rotatable bonds is 6. The summed E-state index contributed by atoms with van der Waals surface area (Å²) in [6, 6.07) is 10.5. The average Bonchev–Trinajstić information content (AvgIpc) is 3.18.